The summed E-state index contributed by atoms with van der Waals surface area (Å²) in [6, 6.07) is 3.68. The van der Waals surface area contributed by atoms with Crippen molar-refractivity contribution in [2.24, 2.45) is 5.92 Å². The lowest BCUT2D eigenvalue weighted by molar-refractivity contribution is 0.0948. The van der Waals surface area contributed by atoms with Crippen LogP contribution in [0.3, 0.4) is 0 Å². The van der Waals surface area contributed by atoms with Crippen LogP contribution in [0, 0.1) is 12.8 Å². The number of carbonyl (C=O) groups is 1. The smallest absolute Gasteiger partial charge is 0.251 e. The highest BCUT2D eigenvalue weighted by atomic mass is 32.2. The Kier molecular flexibility index (Phi) is 5.71. The van der Waals surface area contributed by atoms with Crippen molar-refractivity contribution in [3.63, 3.8) is 0 Å². The van der Waals surface area contributed by atoms with Crippen LogP contribution < -0.4 is 10.6 Å². The summed E-state index contributed by atoms with van der Waals surface area (Å²) in [4.78, 5) is 16.6. The van der Waals surface area contributed by atoms with E-state index < -0.39 is 0 Å². The van der Waals surface area contributed by atoms with E-state index in [1.54, 1.807) is 0 Å². The van der Waals surface area contributed by atoms with Crippen LogP contribution in [0.25, 0.3) is 0 Å². The molecule has 0 aromatic carbocycles. The zero-order chi connectivity index (χ0) is 14.4. The summed E-state index contributed by atoms with van der Waals surface area (Å²) in [5.41, 5.74) is 1.56. The molecule has 1 amide bonds. The van der Waals surface area contributed by atoms with Gasteiger partial charge in [-0.15, -0.1) is 0 Å². The van der Waals surface area contributed by atoms with Crippen molar-refractivity contribution in [3.8, 4) is 0 Å². The number of rotatable bonds is 6. The van der Waals surface area contributed by atoms with Gasteiger partial charge in [0.05, 0.1) is 0 Å². The Hall–Kier alpha value is -1.23. The van der Waals surface area contributed by atoms with Gasteiger partial charge in [0.25, 0.3) is 5.91 Å². The van der Waals surface area contributed by atoms with E-state index in [1.165, 1.54) is 17.9 Å². The Morgan fingerprint density at radius 1 is 1.50 bits per heavy atom. The molecule has 1 fully saturated rings. The number of aryl methyl sites for hydroxylation is 1. The van der Waals surface area contributed by atoms with Crippen LogP contribution in [-0.2, 0) is 0 Å². The van der Waals surface area contributed by atoms with E-state index in [9.17, 15) is 4.79 Å². The van der Waals surface area contributed by atoms with Gasteiger partial charge in [-0.2, -0.15) is 11.8 Å². The number of aromatic nitrogens is 1. The van der Waals surface area contributed by atoms with E-state index in [4.69, 9.17) is 0 Å². The van der Waals surface area contributed by atoms with Gasteiger partial charge in [-0.05, 0) is 49.3 Å². The van der Waals surface area contributed by atoms with Crippen LogP contribution >= 0.6 is 11.8 Å². The molecule has 2 heterocycles. The Morgan fingerprint density at radius 2 is 2.35 bits per heavy atom. The van der Waals surface area contributed by atoms with Gasteiger partial charge in [0.2, 0.25) is 0 Å². The largest absolute Gasteiger partial charge is 0.370 e. The Bertz CT molecular complexity index is 458. The molecule has 5 heteroatoms. The summed E-state index contributed by atoms with van der Waals surface area (Å²) in [6.07, 6.45) is 2.25. The van der Waals surface area contributed by atoms with E-state index in [-0.39, 0.29) is 5.91 Å². The average molecular weight is 293 g/mol. The van der Waals surface area contributed by atoms with E-state index >= 15 is 0 Å². The number of nitrogens with one attached hydrogen (secondary N) is 2. The molecular weight excluding hydrogens is 270 g/mol. The van der Waals surface area contributed by atoms with Gasteiger partial charge in [-0.1, -0.05) is 6.92 Å². The fraction of sp³-hybridized carbons (Fsp3) is 0.600. The number of thioether (sulfide) groups is 1. The van der Waals surface area contributed by atoms with Gasteiger partial charge in [0.1, 0.15) is 5.82 Å². The number of hydrogen-bond acceptors (Lipinski definition) is 4. The lowest BCUT2D eigenvalue weighted by atomic mass is 10.1. The summed E-state index contributed by atoms with van der Waals surface area (Å²) < 4.78 is 0. The first-order valence-electron chi connectivity index (χ1n) is 7.27. The molecule has 1 aliphatic heterocycles. The lowest BCUT2D eigenvalue weighted by Gasteiger charge is -2.11. The lowest BCUT2D eigenvalue weighted by Crippen LogP contribution is -2.29. The molecule has 2 N–H and O–H groups in total. The number of anilines is 1. The highest BCUT2D eigenvalue weighted by Gasteiger charge is 2.17. The number of pyridine rings is 1. The van der Waals surface area contributed by atoms with Gasteiger partial charge >= 0.3 is 0 Å². The Labute approximate surface area is 125 Å². The zero-order valence-electron chi connectivity index (χ0n) is 12.2. The molecule has 0 bridgehead atoms. The van der Waals surface area contributed by atoms with Gasteiger partial charge in [-0.3, -0.25) is 4.79 Å². The molecule has 0 spiro atoms. The third-order valence-corrected chi connectivity index (χ3v) is 4.58. The fourth-order valence-electron chi connectivity index (χ4n) is 2.23. The maximum Gasteiger partial charge on any atom is 0.251 e. The summed E-state index contributed by atoms with van der Waals surface area (Å²) in [5, 5.41) is 6.28. The first-order chi connectivity index (χ1) is 9.69. The molecule has 4 nitrogen and oxygen atoms in total. The van der Waals surface area contributed by atoms with Gasteiger partial charge in [0, 0.05) is 24.3 Å². The third kappa shape index (κ3) is 4.40. The van der Waals surface area contributed by atoms with Crippen LogP contribution in [0.4, 0.5) is 5.82 Å². The molecule has 20 heavy (non-hydrogen) atoms. The standard InChI is InChI=1S/C15H23N3OS/c1-3-5-16-14-8-13(7-11(2)18-14)15(19)17-9-12-4-6-20-10-12/h7-8,12H,3-6,9-10H2,1-2H3,(H,16,18)(H,17,19). The molecule has 1 unspecified atom stereocenters. The summed E-state index contributed by atoms with van der Waals surface area (Å²) in [7, 11) is 0. The highest BCUT2D eigenvalue weighted by molar-refractivity contribution is 7.99. The van der Waals surface area contributed by atoms with Crippen molar-refractivity contribution in [1.82, 2.24) is 10.3 Å². The van der Waals surface area contributed by atoms with Crippen molar-refractivity contribution in [2.75, 3.05) is 29.9 Å². The highest BCUT2D eigenvalue weighted by Crippen LogP contribution is 2.22. The predicted octanol–water partition coefficient (Wildman–Crippen LogP) is 2.69. The minimum absolute atomic E-state index is 0.00643. The van der Waals surface area contributed by atoms with Crippen molar-refractivity contribution in [3.05, 3.63) is 23.4 Å². The number of carbonyl (C=O) groups excluding carboxylic acids is 1. The van der Waals surface area contributed by atoms with Gasteiger partial charge in [0.15, 0.2) is 0 Å². The first kappa shape index (κ1) is 15.2. The Balaban J connectivity index is 1.95. The van der Waals surface area contributed by atoms with Crippen molar-refractivity contribution >= 4 is 23.5 Å². The molecule has 1 aromatic heterocycles. The Morgan fingerprint density at radius 3 is 3.05 bits per heavy atom. The summed E-state index contributed by atoms with van der Waals surface area (Å²) >= 11 is 1.97. The first-order valence-corrected chi connectivity index (χ1v) is 8.43. The number of amides is 1. The van der Waals surface area contributed by atoms with Crippen molar-refractivity contribution in [1.29, 1.82) is 0 Å². The molecule has 0 radical (unpaired) electrons. The topological polar surface area (TPSA) is 54.0 Å². The van der Waals surface area contributed by atoms with Crippen molar-refractivity contribution in [2.45, 2.75) is 26.7 Å². The van der Waals surface area contributed by atoms with Crippen LogP contribution in [0.5, 0.6) is 0 Å². The summed E-state index contributed by atoms with van der Waals surface area (Å²) in [6.45, 7) is 5.68. The number of hydrogen-bond donors (Lipinski definition) is 2. The van der Waals surface area contributed by atoms with Crippen LogP contribution in [0.15, 0.2) is 12.1 Å². The van der Waals surface area contributed by atoms with Gasteiger partial charge in [-0.25, -0.2) is 4.98 Å². The molecular formula is C15H23N3OS. The van der Waals surface area contributed by atoms with E-state index in [1.807, 2.05) is 30.8 Å². The van der Waals surface area contributed by atoms with Gasteiger partial charge < -0.3 is 10.6 Å². The SMILES string of the molecule is CCCNc1cc(C(=O)NCC2CCSC2)cc(C)n1. The molecule has 1 atom stereocenters. The van der Waals surface area contributed by atoms with Crippen LogP contribution in [0.2, 0.25) is 0 Å². The molecule has 1 aromatic rings. The molecule has 1 saturated heterocycles. The second-order valence-electron chi connectivity index (χ2n) is 5.25. The van der Waals surface area contributed by atoms with E-state index in [0.29, 0.717) is 11.5 Å². The van der Waals surface area contributed by atoms with E-state index in [0.717, 1.165) is 31.0 Å². The quantitative estimate of drug-likeness (QED) is 0.847. The summed E-state index contributed by atoms with van der Waals surface area (Å²) in [5.74, 6) is 3.81. The normalized spacial score (nSPS) is 18.0. The second-order valence-corrected chi connectivity index (χ2v) is 6.40. The number of nitrogens with zero attached hydrogens (tertiary/aromatic N) is 1. The predicted molar refractivity (Wildman–Crippen MR) is 85.5 cm³/mol. The van der Waals surface area contributed by atoms with Crippen molar-refractivity contribution < 1.29 is 4.79 Å². The molecule has 2 rings (SSSR count). The molecule has 1 aliphatic rings. The van der Waals surface area contributed by atoms with Crippen LogP contribution in [-0.4, -0.2) is 35.5 Å². The van der Waals surface area contributed by atoms with E-state index in [2.05, 4.69) is 22.5 Å². The molecule has 0 saturated carbocycles. The second kappa shape index (κ2) is 7.53. The zero-order valence-corrected chi connectivity index (χ0v) is 13.1. The fourth-order valence-corrected chi connectivity index (χ4v) is 3.51. The average Bonchev–Trinajstić information content (AvgIpc) is 2.95. The third-order valence-electron chi connectivity index (χ3n) is 3.35. The maximum absolute atomic E-state index is 12.2. The maximum atomic E-state index is 12.2. The molecule has 110 valence electrons. The minimum atomic E-state index is 0.00643. The minimum Gasteiger partial charge on any atom is -0.370 e. The van der Waals surface area contributed by atoms with Crippen LogP contribution in [0.1, 0.15) is 35.8 Å². The monoisotopic (exact) mass is 293 g/mol. The molecule has 0 aliphatic carbocycles.